The number of nitrogens with zero attached hydrogens (tertiary/aromatic N) is 1. The van der Waals surface area contributed by atoms with Crippen LogP contribution in [0.15, 0.2) is 0 Å². The number of urea groups is 1. The lowest BCUT2D eigenvalue weighted by Crippen LogP contribution is -2.61. The fraction of sp³-hybridized carbons (Fsp3) is 0.867. The van der Waals surface area contributed by atoms with Crippen molar-refractivity contribution in [2.45, 2.75) is 56.7 Å². The minimum absolute atomic E-state index is 0.0336. The fourth-order valence-corrected chi connectivity index (χ4v) is 4.50. The molecule has 1 aliphatic heterocycles. The number of rotatable bonds is 2. The van der Waals surface area contributed by atoms with Crippen LogP contribution in [0.4, 0.5) is 4.79 Å². The molecule has 0 aromatic heterocycles. The Morgan fingerprint density at radius 1 is 1.38 bits per heavy atom. The Bertz CT molecular complexity index is 427. The predicted octanol–water partition coefficient (Wildman–Crippen LogP) is 2.56. The molecule has 1 saturated carbocycles. The normalized spacial score (nSPS) is 32.5. The van der Waals surface area contributed by atoms with Crippen molar-refractivity contribution in [1.29, 1.82) is 0 Å². The van der Waals surface area contributed by atoms with Crippen LogP contribution in [-0.2, 0) is 4.79 Å². The van der Waals surface area contributed by atoms with E-state index in [0.717, 1.165) is 18.6 Å². The van der Waals surface area contributed by atoms with Gasteiger partial charge >= 0.3 is 12.0 Å². The number of hydrogen-bond donors (Lipinski definition) is 2. The van der Waals surface area contributed by atoms with Gasteiger partial charge in [-0.15, -0.1) is 0 Å². The van der Waals surface area contributed by atoms with E-state index in [-0.39, 0.29) is 10.8 Å². The van der Waals surface area contributed by atoms with Crippen LogP contribution in [0.1, 0.15) is 46.5 Å². The summed E-state index contributed by atoms with van der Waals surface area (Å²) in [6.45, 7) is 7.64. The van der Waals surface area contributed by atoms with Crippen molar-refractivity contribution in [2.24, 2.45) is 5.92 Å². The van der Waals surface area contributed by atoms with Gasteiger partial charge in [0.05, 0.1) is 0 Å². The predicted molar refractivity (Wildman–Crippen MR) is 84.6 cm³/mol. The summed E-state index contributed by atoms with van der Waals surface area (Å²) < 4.78 is 0.0336. The number of carbonyl (C=O) groups excluding carboxylic acids is 1. The van der Waals surface area contributed by atoms with E-state index in [1.54, 1.807) is 4.90 Å². The summed E-state index contributed by atoms with van der Waals surface area (Å²) in [6.07, 6.45) is 2.96. The zero-order chi connectivity index (χ0) is 15.7. The molecule has 0 spiro atoms. The first-order valence-corrected chi connectivity index (χ1v) is 8.67. The van der Waals surface area contributed by atoms with Crippen LogP contribution in [0, 0.1) is 5.92 Å². The van der Waals surface area contributed by atoms with Gasteiger partial charge in [-0.2, -0.15) is 11.8 Å². The molecule has 2 N–H and O–H groups in total. The van der Waals surface area contributed by atoms with Gasteiger partial charge < -0.3 is 15.3 Å². The lowest BCUT2D eigenvalue weighted by molar-refractivity contribution is -0.146. The quantitative estimate of drug-likeness (QED) is 0.822. The molecule has 1 saturated heterocycles. The smallest absolute Gasteiger partial charge is 0.329 e. The minimum Gasteiger partial charge on any atom is -0.480 e. The molecule has 0 bridgehead atoms. The molecule has 6 heteroatoms. The third-order valence-corrected chi connectivity index (χ3v) is 5.76. The Morgan fingerprint density at radius 2 is 2.10 bits per heavy atom. The van der Waals surface area contributed by atoms with Crippen LogP contribution in [0.5, 0.6) is 0 Å². The maximum Gasteiger partial charge on any atom is 0.329 e. The highest BCUT2D eigenvalue weighted by molar-refractivity contribution is 8.00. The van der Waals surface area contributed by atoms with Gasteiger partial charge in [-0.3, -0.25) is 0 Å². The molecular weight excluding hydrogens is 288 g/mol. The molecule has 2 fully saturated rings. The van der Waals surface area contributed by atoms with Gasteiger partial charge in [-0.1, -0.05) is 19.8 Å². The number of carboxylic acid groups (broad SMARTS) is 1. The van der Waals surface area contributed by atoms with E-state index in [9.17, 15) is 14.7 Å². The first-order valence-electron chi connectivity index (χ1n) is 7.69. The molecule has 2 aliphatic rings. The van der Waals surface area contributed by atoms with Crippen molar-refractivity contribution in [3.8, 4) is 0 Å². The van der Waals surface area contributed by atoms with E-state index in [2.05, 4.69) is 26.1 Å². The number of thioether (sulfide) groups is 1. The molecule has 2 unspecified atom stereocenters. The van der Waals surface area contributed by atoms with Crippen molar-refractivity contribution in [3.63, 3.8) is 0 Å². The number of hydrogen-bond acceptors (Lipinski definition) is 3. The molecule has 5 nitrogen and oxygen atoms in total. The number of carbonyl (C=O) groups is 2. The Balaban J connectivity index is 2.06. The maximum absolute atomic E-state index is 12.5. The summed E-state index contributed by atoms with van der Waals surface area (Å²) in [5.41, 5.74) is -1.08. The molecular formula is C15H26N2O3S. The first-order chi connectivity index (χ1) is 9.74. The second kappa shape index (κ2) is 6.07. The second-order valence-electron chi connectivity index (χ2n) is 7.05. The van der Waals surface area contributed by atoms with E-state index in [0.29, 0.717) is 31.8 Å². The van der Waals surface area contributed by atoms with Gasteiger partial charge in [0, 0.05) is 23.6 Å². The van der Waals surface area contributed by atoms with Gasteiger partial charge in [0.2, 0.25) is 0 Å². The molecule has 0 aromatic carbocycles. The van der Waals surface area contributed by atoms with Crippen LogP contribution in [-0.4, -0.2) is 51.1 Å². The molecule has 0 radical (unpaired) electrons. The van der Waals surface area contributed by atoms with Crippen LogP contribution >= 0.6 is 11.8 Å². The lowest BCUT2D eigenvalue weighted by atomic mass is 9.76. The van der Waals surface area contributed by atoms with E-state index >= 15 is 0 Å². The number of amides is 2. The molecule has 21 heavy (non-hydrogen) atoms. The van der Waals surface area contributed by atoms with E-state index in [4.69, 9.17) is 0 Å². The Morgan fingerprint density at radius 3 is 2.67 bits per heavy atom. The van der Waals surface area contributed by atoms with Gasteiger partial charge in [0.15, 0.2) is 0 Å². The molecule has 120 valence electrons. The van der Waals surface area contributed by atoms with Crippen LogP contribution in [0.2, 0.25) is 0 Å². The summed E-state index contributed by atoms with van der Waals surface area (Å²) in [4.78, 5) is 26.0. The summed E-state index contributed by atoms with van der Waals surface area (Å²) in [6, 6.07) is -0.222. The number of aliphatic carboxylic acids is 1. The summed E-state index contributed by atoms with van der Waals surface area (Å²) in [7, 11) is 0. The van der Waals surface area contributed by atoms with Crippen molar-refractivity contribution in [2.75, 3.05) is 18.8 Å². The molecule has 0 aromatic rings. The second-order valence-corrected chi connectivity index (χ2v) is 8.85. The third kappa shape index (κ3) is 3.84. The van der Waals surface area contributed by atoms with Gasteiger partial charge in [-0.05, 0) is 32.6 Å². The summed E-state index contributed by atoms with van der Waals surface area (Å²) in [5.74, 6) is 0.341. The fourth-order valence-electron chi connectivity index (χ4n) is 3.39. The van der Waals surface area contributed by atoms with Crippen LogP contribution in [0.25, 0.3) is 0 Å². The Hall–Kier alpha value is -0.910. The monoisotopic (exact) mass is 314 g/mol. The highest BCUT2D eigenvalue weighted by Crippen LogP contribution is 2.34. The third-order valence-electron chi connectivity index (χ3n) is 4.47. The molecule has 2 amide bonds. The highest BCUT2D eigenvalue weighted by atomic mass is 32.2. The highest BCUT2D eigenvalue weighted by Gasteiger charge is 2.44. The lowest BCUT2D eigenvalue weighted by Gasteiger charge is -2.41. The zero-order valence-corrected chi connectivity index (χ0v) is 14.0. The molecule has 1 aliphatic carbocycles. The summed E-state index contributed by atoms with van der Waals surface area (Å²) in [5, 5.41) is 12.5. The van der Waals surface area contributed by atoms with Crippen molar-refractivity contribution in [1.82, 2.24) is 10.2 Å². The maximum atomic E-state index is 12.5. The van der Waals surface area contributed by atoms with Gasteiger partial charge in [-0.25, -0.2) is 9.59 Å². The van der Waals surface area contributed by atoms with Crippen molar-refractivity contribution in [3.05, 3.63) is 0 Å². The van der Waals surface area contributed by atoms with E-state index < -0.39 is 11.5 Å². The largest absolute Gasteiger partial charge is 0.480 e. The Labute approximate surface area is 130 Å². The van der Waals surface area contributed by atoms with Crippen molar-refractivity contribution >= 4 is 23.8 Å². The van der Waals surface area contributed by atoms with Crippen molar-refractivity contribution < 1.29 is 14.7 Å². The number of carboxylic acids is 1. The van der Waals surface area contributed by atoms with Crippen LogP contribution in [0.3, 0.4) is 0 Å². The topological polar surface area (TPSA) is 69.6 Å². The summed E-state index contributed by atoms with van der Waals surface area (Å²) >= 11 is 1.86. The van der Waals surface area contributed by atoms with Gasteiger partial charge in [0.1, 0.15) is 5.54 Å². The van der Waals surface area contributed by atoms with E-state index in [1.165, 1.54) is 0 Å². The SMILES string of the molecule is CC1CCCC(NC(=O)N2CCSC(C)(C)C2)(C(=O)O)C1. The van der Waals surface area contributed by atoms with E-state index in [1.807, 2.05) is 11.8 Å². The zero-order valence-electron chi connectivity index (χ0n) is 13.1. The number of nitrogens with one attached hydrogen (secondary N) is 1. The average molecular weight is 314 g/mol. The average Bonchev–Trinajstić information content (AvgIpc) is 2.37. The molecule has 2 rings (SSSR count). The molecule has 2 atom stereocenters. The first kappa shape index (κ1) is 16.5. The van der Waals surface area contributed by atoms with Crippen LogP contribution < -0.4 is 5.32 Å². The van der Waals surface area contributed by atoms with Gasteiger partial charge in [0.25, 0.3) is 0 Å². The molecule has 1 heterocycles. The minimum atomic E-state index is -1.08. The standard InChI is InChI=1S/C15H26N2O3S/c1-11-5-4-6-15(9-11,12(18)19)16-13(20)17-7-8-21-14(2,3)10-17/h11H,4-10H2,1-3H3,(H,16,20)(H,18,19). The Kier molecular flexibility index (Phi) is 4.76.